The fourth-order valence-electron chi connectivity index (χ4n) is 4.44. The van der Waals surface area contributed by atoms with Crippen LogP contribution in [0.2, 0.25) is 0 Å². The van der Waals surface area contributed by atoms with Crippen LogP contribution in [0, 0.1) is 0 Å². The molecule has 1 aliphatic heterocycles. The number of methoxy groups -OCH3 is 1. The lowest BCUT2D eigenvalue weighted by Gasteiger charge is -2.43. The van der Waals surface area contributed by atoms with Gasteiger partial charge in [-0.15, -0.1) is 0 Å². The molecular formula is C26H25F9N2O4. The van der Waals surface area contributed by atoms with Crippen molar-refractivity contribution in [3.63, 3.8) is 0 Å². The molecule has 0 N–H and O–H groups in total. The molecule has 2 atom stereocenters. The van der Waals surface area contributed by atoms with Crippen molar-refractivity contribution in [3.05, 3.63) is 64.2 Å². The molecule has 0 unspecified atom stereocenters. The second-order valence-corrected chi connectivity index (χ2v) is 8.73. The van der Waals surface area contributed by atoms with Gasteiger partial charge in [-0.1, -0.05) is 6.85 Å². The van der Waals surface area contributed by atoms with E-state index in [1.54, 1.807) is 0 Å². The molecule has 0 saturated heterocycles. The van der Waals surface area contributed by atoms with Crippen LogP contribution >= 0.6 is 0 Å². The van der Waals surface area contributed by atoms with Crippen molar-refractivity contribution in [2.75, 3.05) is 18.6 Å². The maximum atomic E-state index is 13.9. The Morgan fingerprint density at radius 3 is 2.07 bits per heavy atom. The standard InChI is InChI=1S/C26H25F9N2O4/c1-4-18-12-21(19-11-15(24(27,28)29)6-7-20(19)37(18)23(39)41-5-2)36(22(38)40-3)13-14-8-16(25(30,31)32)10-17(9-14)26(33,34)35/h6-11,18,21H,4-5,12-13H2,1-3H3/t18-,21+/m1/s1/i1D3,2D3,5D2. The van der Waals surface area contributed by atoms with Crippen LogP contribution in [0.15, 0.2) is 36.4 Å². The van der Waals surface area contributed by atoms with Crippen LogP contribution in [0.3, 0.4) is 0 Å². The third kappa shape index (κ3) is 6.99. The summed E-state index contributed by atoms with van der Waals surface area (Å²) in [4.78, 5) is 27.2. The van der Waals surface area contributed by atoms with Crippen LogP contribution in [0.4, 0.5) is 54.8 Å². The van der Waals surface area contributed by atoms with E-state index in [9.17, 15) is 49.1 Å². The van der Waals surface area contributed by atoms with E-state index in [1.165, 1.54) is 0 Å². The van der Waals surface area contributed by atoms with Gasteiger partial charge in [0, 0.05) is 20.8 Å². The van der Waals surface area contributed by atoms with Gasteiger partial charge in [-0.25, -0.2) is 9.59 Å². The summed E-state index contributed by atoms with van der Waals surface area (Å²) in [5, 5.41) is 0. The molecule has 2 amide bonds. The highest BCUT2D eigenvalue weighted by Gasteiger charge is 2.43. The van der Waals surface area contributed by atoms with Gasteiger partial charge in [-0.3, -0.25) is 9.80 Å². The predicted molar refractivity (Wildman–Crippen MR) is 127 cm³/mol. The maximum Gasteiger partial charge on any atom is 0.416 e. The molecule has 15 heteroatoms. The average molecular weight is 609 g/mol. The van der Waals surface area contributed by atoms with Gasteiger partial charge >= 0.3 is 30.7 Å². The predicted octanol–water partition coefficient (Wildman–Crippen LogP) is 8.20. The van der Waals surface area contributed by atoms with Gasteiger partial charge in [0.05, 0.1) is 44.8 Å². The van der Waals surface area contributed by atoms with Crippen LogP contribution in [0.25, 0.3) is 0 Å². The molecule has 41 heavy (non-hydrogen) atoms. The number of carbonyl (C=O) groups is 2. The topological polar surface area (TPSA) is 59.1 Å². The summed E-state index contributed by atoms with van der Waals surface area (Å²) in [6.45, 7) is -11.5. The lowest BCUT2D eigenvalue weighted by molar-refractivity contribution is -0.143. The van der Waals surface area contributed by atoms with E-state index in [2.05, 4.69) is 9.47 Å². The highest BCUT2D eigenvalue weighted by Crippen LogP contribution is 2.45. The first kappa shape index (κ1) is 22.0. The second kappa shape index (κ2) is 11.7. The number of anilines is 1. The second-order valence-electron chi connectivity index (χ2n) is 8.73. The lowest BCUT2D eigenvalue weighted by Crippen LogP contribution is -2.48. The number of hydrogen-bond acceptors (Lipinski definition) is 4. The number of nitrogens with zero attached hydrogens (tertiary/aromatic N) is 2. The quantitative estimate of drug-likeness (QED) is 0.321. The molecule has 1 heterocycles. The molecule has 0 aromatic heterocycles. The van der Waals surface area contributed by atoms with Crippen molar-refractivity contribution in [1.82, 2.24) is 4.90 Å². The zero-order valence-electron chi connectivity index (χ0n) is 28.7. The number of rotatable bonds is 5. The molecule has 0 radical (unpaired) electrons. The van der Waals surface area contributed by atoms with Crippen LogP contribution < -0.4 is 4.90 Å². The summed E-state index contributed by atoms with van der Waals surface area (Å²) in [6.07, 6.45) is -21.1. The summed E-state index contributed by atoms with van der Waals surface area (Å²) in [6, 6.07) is -1.94. The van der Waals surface area contributed by atoms with E-state index < -0.39 is 116 Å². The van der Waals surface area contributed by atoms with Crippen molar-refractivity contribution in [2.45, 2.75) is 63.7 Å². The normalized spacial score (nSPS) is 21.5. The Hall–Kier alpha value is -3.65. The van der Waals surface area contributed by atoms with Gasteiger partial charge in [0.1, 0.15) is 0 Å². The third-order valence-corrected chi connectivity index (χ3v) is 6.19. The van der Waals surface area contributed by atoms with Gasteiger partial charge in [-0.2, -0.15) is 39.5 Å². The molecule has 226 valence electrons. The Balaban J connectivity index is 2.31. The van der Waals surface area contributed by atoms with Crippen LogP contribution in [-0.4, -0.2) is 36.8 Å². The third-order valence-electron chi connectivity index (χ3n) is 6.19. The van der Waals surface area contributed by atoms with Crippen molar-refractivity contribution < 1.29 is 69.5 Å². The Morgan fingerprint density at radius 2 is 1.56 bits per heavy atom. The molecule has 0 spiro atoms. The van der Waals surface area contributed by atoms with Crippen molar-refractivity contribution in [2.24, 2.45) is 0 Å². The van der Waals surface area contributed by atoms with Crippen molar-refractivity contribution in [3.8, 4) is 0 Å². The minimum Gasteiger partial charge on any atom is -0.453 e. The Kier molecular flexibility index (Phi) is 6.27. The molecule has 0 fully saturated rings. The van der Waals surface area contributed by atoms with Gasteiger partial charge in [0.15, 0.2) is 0 Å². The molecule has 0 aliphatic carbocycles. The Morgan fingerprint density at radius 1 is 0.951 bits per heavy atom. The van der Waals surface area contributed by atoms with E-state index in [0.717, 1.165) is 7.11 Å². The van der Waals surface area contributed by atoms with Crippen LogP contribution in [0.1, 0.15) is 71.4 Å². The Bertz CT molecular complexity index is 1530. The van der Waals surface area contributed by atoms with E-state index in [4.69, 9.17) is 11.0 Å². The molecular weight excluding hydrogens is 575 g/mol. The zero-order valence-corrected chi connectivity index (χ0v) is 20.7. The first-order chi connectivity index (χ1) is 22.0. The molecule has 6 nitrogen and oxygen atoms in total. The first-order valence-corrected chi connectivity index (χ1v) is 11.3. The smallest absolute Gasteiger partial charge is 0.416 e. The van der Waals surface area contributed by atoms with E-state index in [0.29, 0.717) is 28.0 Å². The van der Waals surface area contributed by atoms with Gasteiger partial charge in [0.25, 0.3) is 0 Å². The molecule has 2 aromatic rings. The van der Waals surface area contributed by atoms with Crippen molar-refractivity contribution >= 4 is 17.9 Å². The molecule has 0 bridgehead atoms. The number of alkyl halides is 9. The summed E-state index contributed by atoms with van der Waals surface area (Å²) < 4.78 is 193. The average Bonchev–Trinajstić information content (AvgIpc) is 2.91. The van der Waals surface area contributed by atoms with E-state index >= 15 is 0 Å². The largest absolute Gasteiger partial charge is 0.453 e. The summed E-state index contributed by atoms with van der Waals surface area (Å²) in [7, 11) is 0.735. The number of hydrogen-bond donors (Lipinski definition) is 0. The molecule has 0 saturated carbocycles. The minimum absolute atomic E-state index is 0.203. The fraction of sp³-hybridized carbons (Fsp3) is 0.462. The van der Waals surface area contributed by atoms with E-state index in [1.807, 2.05) is 0 Å². The number of benzene rings is 2. The molecule has 1 aliphatic rings. The number of fused-ring (bicyclic) bond motifs is 1. The van der Waals surface area contributed by atoms with Gasteiger partial charge in [-0.05, 0) is 67.2 Å². The summed E-state index contributed by atoms with van der Waals surface area (Å²) in [5.74, 6) is 0. The van der Waals surface area contributed by atoms with Crippen LogP contribution in [-0.2, 0) is 34.5 Å². The fourth-order valence-corrected chi connectivity index (χ4v) is 4.44. The van der Waals surface area contributed by atoms with E-state index in [-0.39, 0.29) is 18.2 Å². The minimum atomic E-state index is -5.32. The lowest BCUT2D eigenvalue weighted by atomic mass is 9.87. The monoisotopic (exact) mass is 608 g/mol. The van der Waals surface area contributed by atoms with Gasteiger partial charge in [0.2, 0.25) is 0 Å². The number of halogens is 9. The van der Waals surface area contributed by atoms with Crippen molar-refractivity contribution in [1.29, 1.82) is 0 Å². The highest BCUT2D eigenvalue weighted by atomic mass is 19.4. The maximum absolute atomic E-state index is 13.9. The Labute approximate surface area is 239 Å². The first-order valence-electron chi connectivity index (χ1n) is 15.3. The zero-order chi connectivity index (χ0) is 37.7. The van der Waals surface area contributed by atoms with Crippen LogP contribution in [0.5, 0.6) is 0 Å². The SMILES string of the molecule is [2H]C([2H])([2H])C[C@@H]1C[C@H](N(Cc2cc(C(F)(F)F)cc(C(F)(F)F)c2)C(=O)OC)c2cc(C(F)(F)F)ccc2N1C(=O)OC([2H])([2H])C([2H])([2H])[2H]. The highest BCUT2D eigenvalue weighted by molar-refractivity contribution is 5.90. The molecule has 2 aromatic carbocycles. The summed E-state index contributed by atoms with van der Waals surface area (Å²) >= 11 is 0. The van der Waals surface area contributed by atoms with Gasteiger partial charge < -0.3 is 9.47 Å². The number of carbonyl (C=O) groups excluding carboxylic acids is 2. The number of ether oxygens (including phenoxy) is 2. The number of amides is 2. The summed E-state index contributed by atoms with van der Waals surface area (Å²) in [5.41, 5.74) is -7.16. The molecule has 3 rings (SSSR count).